The Morgan fingerprint density at radius 3 is 2.71 bits per heavy atom. The van der Waals surface area contributed by atoms with Gasteiger partial charge in [0, 0.05) is 18.7 Å². The Morgan fingerprint density at radius 1 is 1.33 bits per heavy atom. The van der Waals surface area contributed by atoms with E-state index in [9.17, 15) is 9.59 Å². The molecule has 6 heteroatoms. The molecule has 0 unspecified atom stereocenters. The first kappa shape index (κ1) is 16.4. The highest BCUT2D eigenvalue weighted by Crippen LogP contribution is 2.39. The number of amides is 3. The molecule has 0 bridgehead atoms. The van der Waals surface area contributed by atoms with E-state index < -0.39 is 6.04 Å². The summed E-state index contributed by atoms with van der Waals surface area (Å²) in [5, 5.41) is 2.94. The Bertz CT molecular complexity index is 713. The van der Waals surface area contributed by atoms with Crippen LogP contribution in [-0.4, -0.2) is 48.5 Å². The molecule has 3 rings (SSSR count). The van der Waals surface area contributed by atoms with Crippen molar-refractivity contribution < 1.29 is 14.3 Å². The van der Waals surface area contributed by atoms with E-state index in [0.717, 1.165) is 17.7 Å². The molecule has 0 aliphatic carbocycles. The molecular weight excluding hydrogens is 306 g/mol. The van der Waals surface area contributed by atoms with Crippen molar-refractivity contribution in [2.75, 3.05) is 20.7 Å². The molecule has 2 atom stereocenters. The van der Waals surface area contributed by atoms with Crippen molar-refractivity contribution in [1.82, 2.24) is 15.1 Å². The van der Waals surface area contributed by atoms with E-state index in [1.807, 2.05) is 36.1 Å². The highest BCUT2D eigenvalue weighted by molar-refractivity contribution is 6.01. The average molecular weight is 329 g/mol. The van der Waals surface area contributed by atoms with Gasteiger partial charge in [0.25, 0.3) is 5.91 Å². The number of hydrogen-bond donors (Lipinski definition) is 1. The summed E-state index contributed by atoms with van der Waals surface area (Å²) in [6.07, 6.45) is 0.872. The summed E-state index contributed by atoms with van der Waals surface area (Å²) in [4.78, 5) is 28.8. The standard InChI is InChI=1S/C18H23N3O3/c1-5-11(2)21-10-13-15(17(21)22)16(19-18(23)20(13)3)12-8-6-7-9-14(12)24-4/h6-9,11,16H,5,10H2,1-4H3,(H,19,23)/t11-,16+/m0/s1. The number of rotatable bonds is 4. The molecular formula is C18H23N3O3. The van der Waals surface area contributed by atoms with Gasteiger partial charge in [-0.15, -0.1) is 0 Å². The fourth-order valence-electron chi connectivity index (χ4n) is 3.30. The molecule has 2 aliphatic rings. The Kier molecular flexibility index (Phi) is 4.22. The largest absolute Gasteiger partial charge is 0.496 e. The van der Waals surface area contributed by atoms with Gasteiger partial charge in [0.2, 0.25) is 0 Å². The predicted octanol–water partition coefficient (Wildman–Crippen LogP) is 2.29. The van der Waals surface area contributed by atoms with Crippen LogP contribution in [0, 0.1) is 0 Å². The summed E-state index contributed by atoms with van der Waals surface area (Å²) < 4.78 is 5.43. The van der Waals surface area contributed by atoms with Crippen LogP contribution >= 0.6 is 0 Å². The molecule has 0 radical (unpaired) electrons. The van der Waals surface area contributed by atoms with Gasteiger partial charge in [0.05, 0.1) is 31.0 Å². The SMILES string of the molecule is CC[C@H](C)N1CC2=C(C1=O)[C@@H](c1ccccc1OC)NC(=O)N2C. The zero-order valence-corrected chi connectivity index (χ0v) is 14.5. The molecule has 3 amide bonds. The summed E-state index contributed by atoms with van der Waals surface area (Å²) in [6.45, 7) is 4.56. The van der Waals surface area contributed by atoms with Gasteiger partial charge in [-0.05, 0) is 19.4 Å². The summed E-state index contributed by atoms with van der Waals surface area (Å²) in [5.74, 6) is 0.649. The Labute approximate surface area is 142 Å². The summed E-state index contributed by atoms with van der Waals surface area (Å²) in [6, 6.07) is 6.92. The minimum absolute atomic E-state index is 0.0119. The number of urea groups is 1. The molecule has 0 aromatic heterocycles. The maximum atomic E-state index is 13.0. The van der Waals surface area contributed by atoms with Crippen LogP contribution in [0.15, 0.2) is 35.5 Å². The molecule has 0 spiro atoms. The first-order valence-electron chi connectivity index (χ1n) is 8.20. The van der Waals surface area contributed by atoms with Crippen LogP contribution in [-0.2, 0) is 4.79 Å². The molecule has 1 N–H and O–H groups in total. The van der Waals surface area contributed by atoms with Crippen LogP contribution in [0.1, 0.15) is 31.9 Å². The quantitative estimate of drug-likeness (QED) is 0.922. The average Bonchev–Trinajstić information content (AvgIpc) is 2.95. The smallest absolute Gasteiger partial charge is 0.322 e. The number of carbonyl (C=O) groups excluding carboxylic acids is 2. The first-order valence-corrected chi connectivity index (χ1v) is 8.20. The van der Waals surface area contributed by atoms with Gasteiger partial charge in [0.1, 0.15) is 5.75 Å². The minimum Gasteiger partial charge on any atom is -0.496 e. The third-order valence-electron chi connectivity index (χ3n) is 4.96. The van der Waals surface area contributed by atoms with E-state index in [0.29, 0.717) is 17.9 Å². The number of ether oxygens (including phenoxy) is 1. The maximum absolute atomic E-state index is 13.0. The summed E-state index contributed by atoms with van der Waals surface area (Å²) >= 11 is 0. The van der Waals surface area contributed by atoms with Gasteiger partial charge in [-0.1, -0.05) is 25.1 Å². The third-order valence-corrected chi connectivity index (χ3v) is 4.96. The molecule has 2 aliphatic heterocycles. The van der Waals surface area contributed by atoms with E-state index in [4.69, 9.17) is 4.74 Å². The number of methoxy groups -OCH3 is 1. The third kappa shape index (κ3) is 2.42. The van der Waals surface area contributed by atoms with Crippen LogP contribution in [0.5, 0.6) is 5.75 Å². The first-order chi connectivity index (χ1) is 11.5. The van der Waals surface area contributed by atoms with Crippen LogP contribution in [0.4, 0.5) is 4.79 Å². The summed E-state index contributed by atoms with van der Waals surface area (Å²) in [5.41, 5.74) is 2.22. The molecule has 6 nitrogen and oxygen atoms in total. The summed E-state index contributed by atoms with van der Waals surface area (Å²) in [7, 11) is 3.29. The number of carbonyl (C=O) groups is 2. The molecule has 0 fully saturated rings. The number of benzene rings is 1. The monoisotopic (exact) mass is 329 g/mol. The molecule has 2 heterocycles. The highest BCUT2D eigenvalue weighted by Gasteiger charge is 2.44. The second-order valence-corrected chi connectivity index (χ2v) is 6.23. The van der Waals surface area contributed by atoms with Crippen molar-refractivity contribution in [3.05, 3.63) is 41.1 Å². The molecule has 1 aromatic rings. The van der Waals surface area contributed by atoms with Crippen molar-refractivity contribution in [2.45, 2.75) is 32.4 Å². The number of hydrogen-bond acceptors (Lipinski definition) is 3. The number of likely N-dealkylation sites (N-methyl/N-ethyl adjacent to an activating group) is 1. The van der Waals surface area contributed by atoms with Crippen LogP contribution in [0.2, 0.25) is 0 Å². The lowest BCUT2D eigenvalue weighted by atomic mass is 9.95. The van der Waals surface area contributed by atoms with Crippen LogP contribution < -0.4 is 10.1 Å². The molecule has 128 valence electrons. The Hall–Kier alpha value is -2.50. The van der Waals surface area contributed by atoms with E-state index in [1.165, 1.54) is 0 Å². The van der Waals surface area contributed by atoms with E-state index in [2.05, 4.69) is 12.2 Å². The van der Waals surface area contributed by atoms with Gasteiger partial charge < -0.3 is 15.0 Å². The molecule has 1 aromatic carbocycles. The fourth-order valence-corrected chi connectivity index (χ4v) is 3.30. The van der Waals surface area contributed by atoms with Gasteiger partial charge in [0.15, 0.2) is 0 Å². The minimum atomic E-state index is -0.485. The topological polar surface area (TPSA) is 61.9 Å². The molecule has 0 saturated carbocycles. The lowest BCUT2D eigenvalue weighted by Gasteiger charge is -2.31. The van der Waals surface area contributed by atoms with E-state index in [1.54, 1.807) is 19.1 Å². The van der Waals surface area contributed by atoms with Gasteiger partial charge in [-0.3, -0.25) is 9.69 Å². The van der Waals surface area contributed by atoms with Gasteiger partial charge in [-0.2, -0.15) is 0 Å². The van der Waals surface area contributed by atoms with Crippen molar-refractivity contribution in [1.29, 1.82) is 0 Å². The van der Waals surface area contributed by atoms with Crippen molar-refractivity contribution in [3.8, 4) is 5.75 Å². The van der Waals surface area contributed by atoms with Gasteiger partial charge in [-0.25, -0.2) is 4.79 Å². The number of nitrogens with zero attached hydrogens (tertiary/aromatic N) is 2. The highest BCUT2D eigenvalue weighted by atomic mass is 16.5. The van der Waals surface area contributed by atoms with E-state index >= 15 is 0 Å². The molecule has 0 saturated heterocycles. The lowest BCUT2D eigenvalue weighted by Crippen LogP contribution is -2.45. The number of nitrogens with one attached hydrogen (secondary N) is 1. The molecule has 24 heavy (non-hydrogen) atoms. The maximum Gasteiger partial charge on any atom is 0.322 e. The van der Waals surface area contributed by atoms with Crippen LogP contribution in [0.3, 0.4) is 0 Å². The fraction of sp³-hybridized carbons (Fsp3) is 0.444. The van der Waals surface area contributed by atoms with Crippen LogP contribution in [0.25, 0.3) is 0 Å². The second kappa shape index (κ2) is 6.19. The van der Waals surface area contributed by atoms with E-state index in [-0.39, 0.29) is 18.0 Å². The number of para-hydroxylation sites is 1. The predicted molar refractivity (Wildman–Crippen MR) is 90.5 cm³/mol. The Morgan fingerprint density at radius 2 is 2.04 bits per heavy atom. The Balaban J connectivity index is 2.08. The lowest BCUT2D eigenvalue weighted by molar-refractivity contribution is -0.127. The van der Waals surface area contributed by atoms with Crippen molar-refractivity contribution in [2.24, 2.45) is 0 Å². The van der Waals surface area contributed by atoms with Gasteiger partial charge >= 0.3 is 6.03 Å². The van der Waals surface area contributed by atoms with Crippen molar-refractivity contribution in [3.63, 3.8) is 0 Å². The zero-order valence-electron chi connectivity index (χ0n) is 14.5. The normalized spacial score (nSPS) is 21.8. The second-order valence-electron chi connectivity index (χ2n) is 6.23. The zero-order chi connectivity index (χ0) is 17.4. The van der Waals surface area contributed by atoms with Crippen molar-refractivity contribution >= 4 is 11.9 Å².